The van der Waals surface area contributed by atoms with Crippen molar-refractivity contribution in [3.8, 4) is 0 Å². The number of carbonyl (C=O) groups is 2. The molecule has 2 N–H and O–H groups in total. The molecule has 0 fully saturated rings. The third-order valence-electron chi connectivity index (χ3n) is 3.02. The first-order valence-corrected chi connectivity index (χ1v) is 13.4. The zero-order valence-corrected chi connectivity index (χ0v) is 22.5. The van der Waals surface area contributed by atoms with Gasteiger partial charge in [-0.1, -0.05) is 55.4 Å². The summed E-state index contributed by atoms with van der Waals surface area (Å²) in [6.45, 7) is 16.0. The first-order valence-electron chi connectivity index (χ1n) is 10.1. The molecule has 0 unspecified atom stereocenters. The standard InChI is InChI=1S/C20H33FN4O2S4/c1-12(2)28-24(29-13(3)4)19(26)22-16-9-10-17(21)18(11-16)23-20(27)25(30-14(5)6)31-15(7)8/h9-15H,1-8H3,(H,22,26)(H,23,27). The second kappa shape index (κ2) is 13.6. The summed E-state index contributed by atoms with van der Waals surface area (Å²) in [6.07, 6.45) is 0. The first-order chi connectivity index (χ1) is 14.4. The van der Waals surface area contributed by atoms with Crippen LogP contribution in [-0.2, 0) is 0 Å². The molecule has 1 rings (SSSR count). The Morgan fingerprint density at radius 1 is 0.742 bits per heavy atom. The second-order valence-corrected chi connectivity index (χ2v) is 14.2. The molecule has 0 spiro atoms. The minimum Gasteiger partial charge on any atom is -0.306 e. The Labute approximate surface area is 203 Å². The van der Waals surface area contributed by atoms with Gasteiger partial charge in [0, 0.05) is 26.7 Å². The molecule has 0 aliphatic heterocycles. The average molecular weight is 509 g/mol. The molecule has 0 aliphatic carbocycles. The van der Waals surface area contributed by atoms with Crippen LogP contribution in [0.1, 0.15) is 55.4 Å². The molecule has 11 heteroatoms. The molecule has 0 saturated heterocycles. The predicted molar refractivity (Wildman–Crippen MR) is 139 cm³/mol. The molecule has 0 saturated carbocycles. The highest BCUT2D eigenvalue weighted by Gasteiger charge is 2.22. The zero-order valence-electron chi connectivity index (χ0n) is 19.3. The van der Waals surface area contributed by atoms with Crippen LogP contribution in [0.3, 0.4) is 0 Å². The van der Waals surface area contributed by atoms with Crippen LogP contribution in [0.15, 0.2) is 18.2 Å². The van der Waals surface area contributed by atoms with Crippen LogP contribution in [0.2, 0.25) is 0 Å². The number of nitrogens with one attached hydrogen (secondary N) is 2. The number of hydrogen-bond acceptors (Lipinski definition) is 6. The van der Waals surface area contributed by atoms with Crippen molar-refractivity contribution in [2.75, 3.05) is 10.6 Å². The van der Waals surface area contributed by atoms with Gasteiger partial charge in [0.05, 0.1) is 5.69 Å². The maximum atomic E-state index is 14.4. The van der Waals surface area contributed by atoms with E-state index in [0.29, 0.717) is 5.69 Å². The Kier molecular flexibility index (Phi) is 12.3. The average Bonchev–Trinajstić information content (AvgIpc) is 2.61. The van der Waals surface area contributed by atoms with Gasteiger partial charge >= 0.3 is 12.1 Å². The normalized spacial score (nSPS) is 11.4. The summed E-state index contributed by atoms with van der Waals surface area (Å²) >= 11 is 5.58. The van der Waals surface area contributed by atoms with Gasteiger partial charge in [-0.3, -0.25) is 0 Å². The number of amides is 4. The van der Waals surface area contributed by atoms with E-state index in [1.807, 2.05) is 55.4 Å². The van der Waals surface area contributed by atoms with Gasteiger partial charge in [-0.2, -0.15) is 0 Å². The summed E-state index contributed by atoms with van der Waals surface area (Å²) in [5, 5.41) is 6.24. The molecular weight excluding hydrogens is 476 g/mol. The van der Waals surface area contributed by atoms with E-state index in [2.05, 4.69) is 10.6 Å². The lowest BCUT2D eigenvalue weighted by atomic mass is 10.2. The van der Waals surface area contributed by atoms with E-state index >= 15 is 0 Å². The summed E-state index contributed by atoms with van der Waals surface area (Å²) in [7, 11) is 0. The van der Waals surface area contributed by atoms with Gasteiger partial charge in [0.15, 0.2) is 0 Å². The van der Waals surface area contributed by atoms with E-state index < -0.39 is 11.8 Å². The van der Waals surface area contributed by atoms with Crippen molar-refractivity contribution in [1.29, 1.82) is 0 Å². The van der Waals surface area contributed by atoms with E-state index in [9.17, 15) is 14.0 Å². The molecule has 1 aromatic carbocycles. The molecule has 0 aromatic heterocycles. The van der Waals surface area contributed by atoms with E-state index in [1.54, 1.807) is 3.71 Å². The Morgan fingerprint density at radius 2 is 1.13 bits per heavy atom. The van der Waals surface area contributed by atoms with Gasteiger partial charge in [0.25, 0.3) is 0 Å². The van der Waals surface area contributed by atoms with Crippen molar-refractivity contribution in [3.05, 3.63) is 24.0 Å². The zero-order chi connectivity index (χ0) is 23.7. The number of rotatable bonds is 10. The van der Waals surface area contributed by atoms with Crippen LogP contribution in [-0.4, -0.2) is 40.5 Å². The molecule has 6 nitrogen and oxygen atoms in total. The lowest BCUT2D eigenvalue weighted by molar-refractivity contribution is 0.249. The van der Waals surface area contributed by atoms with Crippen molar-refractivity contribution in [2.24, 2.45) is 0 Å². The van der Waals surface area contributed by atoms with Crippen molar-refractivity contribution < 1.29 is 14.0 Å². The van der Waals surface area contributed by atoms with Crippen molar-refractivity contribution in [2.45, 2.75) is 76.4 Å². The van der Waals surface area contributed by atoms with E-state index in [4.69, 9.17) is 0 Å². The molecule has 0 atom stereocenters. The third-order valence-corrected chi connectivity index (χ3v) is 7.17. The summed E-state index contributed by atoms with van der Waals surface area (Å²) in [4.78, 5) is 25.5. The summed E-state index contributed by atoms with van der Waals surface area (Å²) < 4.78 is 17.5. The molecule has 1 aromatic rings. The summed E-state index contributed by atoms with van der Waals surface area (Å²) in [6, 6.07) is 3.41. The van der Waals surface area contributed by atoms with Crippen LogP contribution < -0.4 is 10.6 Å². The lowest BCUT2D eigenvalue weighted by Crippen LogP contribution is -2.28. The quantitative estimate of drug-likeness (QED) is 0.315. The first kappa shape index (κ1) is 28.1. The summed E-state index contributed by atoms with van der Waals surface area (Å²) in [5.41, 5.74) is 0.418. The highest BCUT2D eigenvalue weighted by molar-refractivity contribution is 8.13. The molecule has 176 valence electrons. The fourth-order valence-electron chi connectivity index (χ4n) is 2.04. The topological polar surface area (TPSA) is 64.7 Å². The fourth-order valence-corrected chi connectivity index (χ4v) is 6.60. The Balaban J connectivity index is 2.96. The highest BCUT2D eigenvalue weighted by Crippen LogP contribution is 2.32. The molecule has 0 aliphatic rings. The van der Waals surface area contributed by atoms with Gasteiger partial charge < -0.3 is 10.6 Å². The lowest BCUT2D eigenvalue weighted by Gasteiger charge is -2.24. The highest BCUT2D eigenvalue weighted by atomic mass is 32.2. The summed E-state index contributed by atoms with van der Waals surface area (Å²) in [5.74, 6) is -0.569. The number of urea groups is 2. The smallest absolute Gasteiger partial charge is 0.306 e. The Morgan fingerprint density at radius 3 is 1.52 bits per heavy atom. The van der Waals surface area contributed by atoms with Gasteiger partial charge in [-0.15, -0.1) is 0 Å². The number of anilines is 2. The molecule has 0 heterocycles. The van der Waals surface area contributed by atoms with Gasteiger partial charge in [-0.25, -0.2) is 21.4 Å². The monoisotopic (exact) mass is 508 g/mol. The van der Waals surface area contributed by atoms with Crippen LogP contribution in [0.5, 0.6) is 0 Å². The molecule has 31 heavy (non-hydrogen) atoms. The van der Waals surface area contributed by atoms with Gasteiger partial charge in [0.2, 0.25) is 0 Å². The number of halogens is 1. The number of nitrogens with zero attached hydrogens (tertiary/aromatic N) is 2. The maximum Gasteiger partial charge on any atom is 0.342 e. The molecular formula is C20H33FN4O2S4. The minimum atomic E-state index is -0.569. The largest absolute Gasteiger partial charge is 0.342 e. The van der Waals surface area contributed by atoms with E-state index in [0.717, 1.165) is 0 Å². The van der Waals surface area contributed by atoms with Crippen LogP contribution in [0, 0.1) is 5.82 Å². The Hall–Kier alpha value is -0.910. The van der Waals surface area contributed by atoms with Crippen LogP contribution in [0.4, 0.5) is 25.4 Å². The second-order valence-electron chi connectivity index (χ2n) is 7.69. The minimum absolute atomic E-state index is 0.0149. The number of carbonyl (C=O) groups excluding carboxylic acids is 2. The van der Waals surface area contributed by atoms with Crippen molar-refractivity contribution in [1.82, 2.24) is 7.42 Å². The SMILES string of the molecule is CC(C)SN(SC(C)C)C(=O)Nc1ccc(F)c(NC(=O)N(SC(C)C)SC(C)C)c1. The van der Waals surface area contributed by atoms with Crippen molar-refractivity contribution >= 4 is 71.2 Å². The Bertz CT molecular complexity index is 715. The molecule has 0 bridgehead atoms. The molecule has 4 amide bonds. The molecule has 0 radical (unpaired) electrons. The van der Waals surface area contributed by atoms with Crippen molar-refractivity contribution in [3.63, 3.8) is 0 Å². The fraction of sp³-hybridized carbons (Fsp3) is 0.600. The third kappa shape index (κ3) is 11.0. The van der Waals surface area contributed by atoms with Crippen LogP contribution in [0.25, 0.3) is 0 Å². The van der Waals surface area contributed by atoms with E-state index in [1.165, 1.54) is 69.7 Å². The maximum absolute atomic E-state index is 14.4. The predicted octanol–water partition coefficient (Wildman–Crippen LogP) is 7.72. The number of benzene rings is 1. The van der Waals surface area contributed by atoms with Gasteiger partial charge in [-0.05, 0) is 66.0 Å². The number of hydrogen-bond donors (Lipinski definition) is 2. The van der Waals surface area contributed by atoms with E-state index in [-0.39, 0.29) is 32.7 Å². The van der Waals surface area contributed by atoms with Crippen LogP contribution >= 0.6 is 47.8 Å². The van der Waals surface area contributed by atoms with Gasteiger partial charge in [0.1, 0.15) is 5.82 Å².